The Balaban J connectivity index is 2.41. The van der Waals surface area contributed by atoms with Crippen molar-refractivity contribution in [2.45, 2.75) is 12.6 Å². The highest BCUT2D eigenvalue weighted by Crippen LogP contribution is 2.32. The van der Waals surface area contributed by atoms with Crippen LogP contribution in [0.3, 0.4) is 0 Å². The molecule has 0 bridgehead atoms. The van der Waals surface area contributed by atoms with E-state index < -0.39 is 11.7 Å². The highest BCUT2D eigenvalue weighted by atomic mass is 35.5. The van der Waals surface area contributed by atoms with Crippen LogP contribution in [0, 0.1) is 11.3 Å². The minimum Gasteiger partial charge on any atom is -0.250 e. The Morgan fingerprint density at radius 1 is 1.10 bits per heavy atom. The first-order valence-corrected chi connectivity index (χ1v) is 5.99. The molecule has 1 heterocycles. The molecule has 20 heavy (non-hydrogen) atoms. The minimum absolute atomic E-state index is 0.116. The van der Waals surface area contributed by atoms with Gasteiger partial charge < -0.3 is 0 Å². The minimum atomic E-state index is -4.38. The van der Waals surface area contributed by atoms with E-state index in [1.807, 2.05) is 6.07 Å². The third kappa shape index (κ3) is 3.09. The molecule has 0 aliphatic rings. The van der Waals surface area contributed by atoms with Gasteiger partial charge in [0.1, 0.15) is 0 Å². The Morgan fingerprint density at radius 3 is 2.30 bits per heavy atom. The number of hydrogen-bond donors (Lipinski definition) is 0. The maximum atomic E-state index is 12.5. The van der Waals surface area contributed by atoms with Crippen molar-refractivity contribution in [3.05, 3.63) is 52.7 Å². The van der Waals surface area contributed by atoms with Crippen molar-refractivity contribution in [3.63, 3.8) is 0 Å². The third-order valence-electron chi connectivity index (χ3n) is 2.65. The molecule has 0 aliphatic heterocycles. The van der Waals surface area contributed by atoms with Crippen molar-refractivity contribution in [2.75, 3.05) is 0 Å². The van der Waals surface area contributed by atoms with Crippen molar-refractivity contribution in [1.29, 1.82) is 5.26 Å². The normalized spacial score (nSPS) is 11.2. The van der Waals surface area contributed by atoms with Gasteiger partial charge in [-0.1, -0.05) is 23.7 Å². The summed E-state index contributed by atoms with van der Waals surface area (Å²) in [4.78, 5) is 4.19. The zero-order valence-electron chi connectivity index (χ0n) is 10.1. The Hall–Kier alpha value is -2.06. The predicted octanol–water partition coefficient (Wildman–Crippen LogP) is 4.49. The molecule has 0 atom stereocenters. The Kier molecular flexibility index (Phi) is 3.96. The van der Waals surface area contributed by atoms with Gasteiger partial charge in [-0.05, 0) is 24.3 Å². The number of hydrogen-bond acceptors (Lipinski definition) is 2. The van der Waals surface area contributed by atoms with E-state index in [1.165, 1.54) is 12.1 Å². The van der Waals surface area contributed by atoms with Crippen LogP contribution in [0.5, 0.6) is 0 Å². The van der Waals surface area contributed by atoms with Crippen molar-refractivity contribution < 1.29 is 13.2 Å². The van der Waals surface area contributed by atoms with Crippen LogP contribution in [-0.4, -0.2) is 4.98 Å². The van der Waals surface area contributed by atoms with Crippen LogP contribution in [-0.2, 0) is 12.6 Å². The van der Waals surface area contributed by atoms with E-state index in [9.17, 15) is 13.2 Å². The number of aromatic nitrogens is 1. The second-order valence-corrected chi connectivity index (χ2v) is 4.45. The van der Waals surface area contributed by atoms with Crippen molar-refractivity contribution in [2.24, 2.45) is 0 Å². The molecule has 0 aliphatic carbocycles. The molecule has 0 N–H and O–H groups in total. The van der Waals surface area contributed by atoms with Gasteiger partial charge in [0.2, 0.25) is 0 Å². The zero-order valence-corrected chi connectivity index (χ0v) is 10.8. The van der Waals surface area contributed by atoms with E-state index in [0.717, 1.165) is 12.1 Å². The lowest BCUT2D eigenvalue weighted by Crippen LogP contribution is -2.04. The fraction of sp³-hybridized carbons (Fsp3) is 0.143. The summed E-state index contributed by atoms with van der Waals surface area (Å²) in [6, 6.07) is 9.72. The molecule has 2 nitrogen and oxygen atoms in total. The number of nitriles is 1. The highest BCUT2D eigenvalue weighted by Gasteiger charge is 2.30. The number of pyridine rings is 1. The summed E-state index contributed by atoms with van der Waals surface area (Å²) in [5, 5.41) is 8.95. The van der Waals surface area contributed by atoms with E-state index in [0.29, 0.717) is 22.0 Å². The predicted molar refractivity (Wildman–Crippen MR) is 69.0 cm³/mol. The molecule has 1 aromatic heterocycles. The van der Waals surface area contributed by atoms with E-state index in [-0.39, 0.29) is 6.42 Å². The van der Waals surface area contributed by atoms with Crippen LogP contribution >= 0.6 is 11.6 Å². The van der Waals surface area contributed by atoms with Gasteiger partial charge in [-0.15, -0.1) is 0 Å². The second kappa shape index (κ2) is 5.51. The van der Waals surface area contributed by atoms with E-state index in [4.69, 9.17) is 16.9 Å². The number of nitrogens with zero attached hydrogens (tertiary/aromatic N) is 2. The van der Waals surface area contributed by atoms with Gasteiger partial charge in [0.05, 0.1) is 34.5 Å². The van der Waals surface area contributed by atoms with E-state index in [2.05, 4.69) is 4.98 Å². The molecule has 6 heteroatoms. The molecule has 2 rings (SSSR count). The van der Waals surface area contributed by atoms with Gasteiger partial charge in [0.25, 0.3) is 0 Å². The van der Waals surface area contributed by atoms with Gasteiger partial charge >= 0.3 is 6.18 Å². The number of rotatable bonds is 2. The van der Waals surface area contributed by atoms with E-state index >= 15 is 0 Å². The molecular formula is C14H8ClF3N2. The smallest absolute Gasteiger partial charge is 0.250 e. The average Bonchev–Trinajstić information content (AvgIpc) is 2.40. The Labute approximate surface area is 118 Å². The summed E-state index contributed by atoms with van der Waals surface area (Å²) >= 11 is 5.99. The average molecular weight is 297 g/mol. The van der Waals surface area contributed by atoms with Crippen LogP contribution in [0.25, 0.3) is 11.3 Å². The quantitative estimate of drug-likeness (QED) is 0.819. The zero-order chi connectivity index (χ0) is 14.8. The molecule has 2 aromatic rings. The van der Waals surface area contributed by atoms with Gasteiger partial charge in [0, 0.05) is 5.56 Å². The Bertz CT molecular complexity index is 658. The standard InChI is InChI=1S/C14H8ClF3N2/c15-12-6-5-11(7-8-19)20-13(12)9-1-3-10(4-2-9)14(16,17)18/h1-6H,7H2. The SMILES string of the molecule is N#CCc1ccc(Cl)c(-c2ccc(C(F)(F)F)cc2)n1. The first kappa shape index (κ1) is 14.4. The highest BCUT2D eigenvalue weighted by molar-refractivity contribution is 6.33. The molecule has 0 saturated carbocycles. The maximum absolute atomic E-state index is 12.5. The van der Waals surface area contributed by atoms with Crippen LogP contribution in [0.4, 0.5) is 13.2 Å². The fourth-order valence-corrected chi connectivity index (χ4v) is 1.90. The van der Waals surface area contributed by atoms with Crippen molar-refractivity contribution in [1.82, 2.24) is 4.98 Å². The summed E-state index contributed by atoms with van der Waals surface area (Å²) < 4.78 is 37.5. The van der Waals surface area contributed by atoms with Crippen LogP contribution < -0.4 is 0 Å². The lowest BCUT2D eigenvalue weighted by molar-refractivity contribution is -0.137. The molecule has 0 fully saturated rings. The fourth-order valence-electron chi connectivity index (χ4n) is 1.68. The lowest BCUT2D eigenvalue weighted by Gasteiger charge is -2.09. The molecule has 0 amide bonds. The molecule has 102 valence electrons. The monoisotopic (exact) mass is 296 g/mol. The van der Waals surface area contributed by atoms with Gasteiger partial charge in [0.15, 0.2) is 0 Å². The number of alkyl halides is 3. The number of benzene rings is 1. The molecule has 0 radical (unpaired) electrons. The molecular weight excluding hydrogens is 289 g/mol. The summed E-state index contributed by atoms with van der Waals surface area (Å²) in [6.45, 7) is 0. The Morgan fingerprint density at radius 2 is 1.75 bits per heavy atom. The van der Waals surface area contributed by atoms with Crippen LogP contribution in [0.2, 0.25) is 5.02 Å². The summed E-state index contributed by atoms with van der Waals surface area (Å²) in [6.07, 6.45) is -4.26. The molecule has 0 spiro atoms. The first-order valence-electron chi connectivity index (χ1n) is 5.62. The molecule has 0 saturated heterocycles. The second-order valence-electron chi connectivity index (χ2n) is 4.04. The lowest BCUT2D eigenvalue weighted by atomic mass is 10.1. The van der Waals surface area contributed by atoms with Crippen LogP contribution in [0.15, 0.2) is 36.4 Å². The van der Waals surface area contributed by atoms with Crippen LogP contribution in [0.1, 0.15) is 11.3 Å². The summed E-state index contributed by atoms with van der Waals surface area (Å²) in [7, 11) is 0. The summed E-state index contributed by atoms with van der Waals surface area (Å²) in [5.74, 6) is 0. The van der Waals surface area contributed by atoms with E-state index in [1.54, 1.807) is 12.1 Å². The number of halogens is 4. The molecule has 0 unspecified atom stereocenters. The van der Waals surface area contributed by atoms with Crippen molar-refractivity contribution >= 4 is 11.6 Å². The van der Waals surface area contributed by atoms with Gasteiger partial charge in [-0.25, -0.2) is 0 Å². The summed E-state index contributed by atoms with van der Waals surface area (Å²) in [5.41, 5.74) is 0.633. The topological polar surface area (TPSA) is 36.7 Å². The molecule has 1 aromatic carbocycles. The largest absolute Gasteiger partial charge is 0.416 e. The van der Waals surface area contributed by atoms with Crippen molar-refractivity contribution in [3.8, 4) is 17.3 Å². The first-order chi connectivity index (χ1) is 9.41. The third-order valence-corrected chi connectivity index (χ3v) is 2.95. The maximum Gasteiger partial charge on any atom is 0.416 e. The van der Waals surface area contributed by atoms with Gasteiger partial charge in [-0.3, -0.25) is 4.98 Å². The van der Waals surface area contributed by atoms with Gasteiger partial charge in [-0.2, -0.15) is 18.4 Å².